The summed E-state index contributed by atoms with van der Waals surface area (Å²) in [5, 5.41) is 15.4. The van der Waals surface area contributed by atoms with Crippen LogP contribution in [-0.4, -0.2) is 40.4 Å². The SMILES string of the molecule is CC(C)Oc1ccc2ccccc2c1CNc1cc(N2CCCC2CO)ncn1. The Labute approximate surface area is 171 Å². The van der Waals surface area contributed by atoms with E-state index in [1.54, 1.807) is 6.33 Å². The molecule has 0 amide bonds. The number of fused-ring (bicyclic) bond motifs is 1. The van der Waals surface area contributed by atoms with E-state index in [2.05, 4.69) is 44.5 Å². The molecule has 1 aliphatic heterocycles. The standard InChI is InChI=1S/C23H28N4O2/c1-16(2)29-21-10-9-17-6-3-4-8-19(17)20(21)13-24-22-12-23(26-15-25-22)27-11-5-7-18(27)14-28/h3-4,6,8-10,12,15-16,18,28H,5,7,11,13-14H2,1-2H3,(H,24,25,26). The highest BCUT2D eigenvalue weighted by Crippen LogP contribution is 2.30. The smallest absolute Gasteiger partial charge is 0.134 e. The van der Waals surface area contributed by atoms with Crippen molar-refractivity contribution in [2.24, 2.45) is 0 Å². The summed E-state index contributed by atoms with van der Waals surface area (Å²) in [6.45, 7) is 5.74. The molecule has 1 aliphatic rings. The van der Waals surface area contributed by atoms with Gasteiger partial charge in [0.05, 0.1) is 18.8 Å². The van der Waals surface area contributed by atoms with Gasteiger partial charge in [-0.25, -0.2) is 9.97 Å². The number of nitrogens with one attached hydrogen (secondary N) is 1. The van der Waals surface area contributed by atoms with Crippen LogP contribution in [0.2, 0.25) is 0 Å². The van der Waals surface area contributed by atoms with Gasteiger partial charge in [-0.1, -0.05) is 30.3 Å². The lowest BCUT2D eigenvalue weighted by atomic mass is 10.0. The number of aromatic nitrogens is 2. The molecule has 2 aromatic carbocycles. The van der Waals surface area contributed by atoms with Crippen molar-refractivity contribution < 1.29 is 9.84 Å². The first-order valence-corrected chi connectivity index (χ1v) is 10.3. The molecule has 1 fully saturated rings. The van der Waals surface area contributed by atoms with Gasteiger partial charge in [-0.3, -0.25) is 0 Å². The Morgan fingerprint density at radius 3 is 2.90 bits per heavy atom. The van der Waals surface area contributed by atoms with Gasteiger partial charge < -0.3 is 20.1 Å². The van der Waals surface area contributed by atoms with E-state index >= 15 is 0 Å². The number of benzene rings is 2. The second-order valence-corrected chi connectivity index (χ2v) is 7.72. The minimum atomic E-state index is 0.103. The van der Waals surface area contributed by atoms with Crippen LogP contribution in [0.1, 0.15) is 32.3 Å². The van der Waals surface area contributed by atoms with Gasteiger partial charge in [0.15, 0.2) is 0 Å². The summed E-state index contributed by atoms with van der Waals surface area (Å²) in [7, 11) is 0. The summed E-state index contributed by atoms with van der Waals surface area (Å²) in [6.07, 6.45) is 3.75. The number of hydrogen-bond donors (Lipinski definition) is 2. The number of rotatable bonds is 7. The van der Waals surface area contributed by atoms with E-state index in [1.807, 2.05) is 32.0 Å². The highest BCUT2D eigenvalue weighted by Gasteiger charge is 2.25. The van der Waals surface area contributed by atoms with Crippen LogP contribution in [-0.2, 0) is 6.54 Å². The maximum Gasteiger partial charge on any atom is 0.134 e. The molecule has 152 valence electrons. The Kier molecular flexibility index (Phi) is 5.81. The van der Waals surface area contributed by atoms with Gasteiger partial charge in [-0.05, 0) is 43.5 Å². The van der Waals surface area contributed by atoms with Crippen molar-refractivity contribution in [3.05, 3.63) is 54.4 Å². The molecule has 0 radical (unpaired) electrons. The molecule has 4 rings (SSSR count). The van der Waals surface area contributed by atoms with Gasteiger partial charge in [-0.2, -0.15) is 0 Å². The van der Waals surface area contributed by atoms with Crippen LogP contribution in [0.3, 0.4) is 0 Å². The minimum absolute atomic E-state index is 0.103. The van der Waals surface area contributed by atoms with E-state index in [-0.39, 0.29) is 18.8 Å². The van der Waals surface area contributed by atoms with Gasteiger partial charge in [0, 0.05) is 24.7 Å². The highest BCUT2D eigenvalue weighted by molar-refractivity contribution is 5.88. The van der Waals surface area contributed by atoms with Crippen LogP contribution < -0.4 is 15.0 Å². The molecule has 29 heavy (non-hydrogen) atoms. The zero-order chi connectivity index (χ0) is 20.2. The summed E-state index contributed by atoms with van der Waals surface area (Å²) in [5.41, 5.74) is 1.12. The monoisotopic (exact) mass is 392 g/mol. The summed E-state index contributed by atoms with van der Waals surface area (Å²) < 4.78 is 6.07. The molecule has 0 bridgehead atoms. The quantitative estimate of drug-likeness (QED) is 0.634. The summed E-state index contributed by atoms with van der Waals surface area (Å²) in [6, 6.07) is 14.6. The topological polar surface area (TPSA) is 70.5 Å². The van der Waals surface area contributed by atoms with E-state index in [0.29, 0.717) is 6.54 Å². The number of anilines is 2. The Morgan fingerprint density at radius 2 is 2.07 bits per heavy atom. The summed E-state index contributed by atoms with van der Waals surface area (Å²) in [4.78, 5) is 11.0. The van der Waals surface area contributed by atoms with Crippen molar-refractivity contribution in [3.8, 4) is 5.75 Å². The third kappa shape index (κ3) is 4.27. The normalized spacial score (nSPS) is 16.6. The predicted octanol–water partition coefficient (Wildman–Crippen LogP) is 3.99. The van der Waals surface area contributed by atoms with Gasteiger partial charge in [0.25, 0.3) is 0 Å². The van der Waals surface area contributed by atoms with Crippen molar-refractivity contribution in [2.75, 3.05) is 23.4 Å². The largest absolute Gasteiger partial charge is 0.491 e. The average molecular weight is 393 g/mol. The number of ether oxygens (including phenoxy) is 1. The second-order valence-electron chi connectivity index (χ2n) is 7.72. The van der Waals surface area contributed by atoms with Crippen molar-refractivity contribution in [3.63, 3.8) is 0 Å². The maximum absolute atomic E-state index is 9.61. The first kappa shape index (κ1) is 19.5. The molecule has 1 saturated heterocycles. The Bertz CT molecular complexity index is 976. The van der Waals surface area contributed by atoms with Crippen molar-refractivity contribution in [1.82, 2.24) is 9.97 Å². The third-order valence-electron chi connectivity index (χ3n) is 5.34. The minimum Gasteiger partial charge on any atom is -0.491 e. The van der Waals surface area contributed by atoms with Gasteiger partial charge in [-0.15, -0.1) is 0 Å². The molecular formula is C23H28N4O2. The Hall–Kier alpha value is -2.86. The molecule has 1 aromatic heterocycles. The lowest BCUT2D eigenvalue weighted by Gasteiger charge is -2.24. The summed E-state index contributed by atoms with van der Waals surface area (Å²) >= 11 is 0. The van der Waals surface area contributed by atoms with Crippen LogP contribution in [0.15, 0.2) is 48.8 Å². The van der Waals surface area contributed by atoms with Gasteiger partial charge in [0.1, 0.15) is 23.7 Å². The Balaban J connectivity index is 1.59. The summed E-state index contributed by atoms with van der Waals surface area (Å²) in [5.74, 6) is 2.51. The molecule has 0 aliphatic carbocycles. The van der Waals surface area contributed by atoms with Crippen LogP contribution in [0.25, 0.3) is 10.8 Å². The molecule has 1 atom stereocenters. The van der Waals surface area contributed by atoms with Crippen LogP contribution in [0.5, 0.6) is 5.75 Å². The first-order chi connectivity index (χ1) is 14.2. The van der Waals surface area contributed by atoms with E-state index < -0.39 is 0 Å². The number of aliphatic hydroxyl groups is 1. The molecule has 2 heterocycles. The van der Waals surface area contributed by atoms with Gasteiger partial charge in [0.2, 0.25) is 0 Å². The van der Waals surface area contributed by atoms with Crippen LogP contribution in [0, 0.1) is 0 Å². The van der Waals surface area contributed by atoms with E-state index in [1.165, 1.54) is 10.8 Å². The fourth-order valence-electron chi connectivity index (χ4n) is 3.97. The molecule has 2 N–H and O–H groups in total. The van der Waals surface area contributed by atoms with E-state index in [4.69, 9.17) is 4.74 Å². The van der Waals surface area contributed by atoms with Crippen molar-refractivity contribution in [1.29, 1.82) is 0 Å². The van der Waals surface area contributed by atoms with E-state index in [0.717, 1.165) is 42.3 Å². The zero-order valence-corrected chi connectivity index (χ0v) is 17.0. The van der Waals surface area contributed by atoms with Gasteiger partial charge >= 0.3 is 0 Å². The molecule has 0 spiro atoms. The number of aliphatic hydroxyl groups excluding tert-OH is 1. The molecule has 6 heteroatoms. The second kappa shape index (κ2) is 8.66. The zero-order valence-electron chi connectivity index (χ0n) is 17.0. The predicted molar refractivity (Wildman–Crippen MR) is 117 cm³/mol. The van der Waals surface area contributed by atoms with Crippen LogP contribution in [0.4, 0.5) is 11.6 Å². The fourth-order valence-corrected chi connectivity index (χ4v) is 3.97. The Morgan fingerprint density at radius 1 is 1.21 bits per heavy atom. The average Bonchev–Trinajstić information content (AvgIpc) is 3.21. The molecule has 1 unspecified atom stereocenters. The molecule has 0 saturated carbocycles. The molecule has 6 nitrogen and oxygen atoms in total. The first-order valence-electron chi connectivity index (χ1n) is 10.3. The third-order valence-corrected chi connectivity index (χ3v) is 5.34. The van der Waals surface area contributed by atoms with Crippen molar-refractivity contribution >= 4 is 22.4 Å². The molecular weight excluding hydrogens is 364 g/mol. The number of hydrogen-bond acceptors (Lipinski definition) is 6. The van der Waals surface area contributed by atoms with E-state index in [9.17, 15) is 5.11 Å². The fraction of sp³-hybridized carbons (Fsp3) is 0.391. The maximum atomic E-state index is 9.61. The lowest BCUT2D eigenvalue weighted by Crippen LogP contribution is -2.32. The lowest BCUT2D eigenvalue weighted by molar-refractivity contribution is 0.240. The van der Waals surface area contributed by atoms with Crippen LogP contribution >= 0.6 is 0 Å². The highest BCUT2D eigenvalue weighted by atomic mass is 16.5. The molecule has 3 aromatic rings. The van der Waals surface area contributed by atoms with Crippen molar-refractivity contribution in [2.45, 2.75) is 45.4 Å². The number of nitrogens with zero attached hydrogens (tertiary/aromatic N) is 3.